The van der Waals surface area contributed by atoms with Crippen molar-refractivity contribution in [3.05, 3.63) is 0 Å². The topological polar surface area (TPSA) is 76.8 Å². The van der Waals surface area contributed by atoms with Gasteiger partial charge in [-0.2, -0.15) is 5.10 Å². The van der Waals surface area contributed by atoms with E-state index in [1.165, 1.54) is 6.21 Å². The van der Waals surface area contributed by atoms with Crippen LogP contribution >= 0.6 is 11.6 Å². The van der Waals surface area contributed by atoms with Crippen molar-refractivity contribution in [2.45, 2.75) is 0 Å². The van der Waals surface area contributed by atoms with Crippen LogP contribution in [-0.4, -0.2) is 18.1 Å². The molecule has 0 bridgehead atoms. The molecule has 46 valence electrons. The molecule has 0 aliphatic heterocycles. The lowest BCUT2D eigenvalue weighted by Crippen LogP contribution is -2.21. The molecular formula is C3H7ClN4. The average molecular weight is 135 g/mol. The zero-order valence-corrected chi connectivity index (χ0v) is 4.97. The SMILES string of the molecule is NC(N)=NN=CCCl. The van der Waals surface area contributed by atoms with Gasteiger partial charge in [0.2, 0.25) is 5.96 Å². The molecule has 0 aromatic rings. The fourth-order valence-corrected chi connectivity index (χ4v) is 0.200. The second kappa shape index (κ2) is 4.39. The van der Waals surface area contributed by atoms with Crippen molar-refractivity contribution in [2.75, 3.05) is 5.88 Å². The van der Waals surface area contributed by atoms with Gasteiger partial charge in [0.05, 0.1) is 5.88 Å². The van der Waals surface area contributed by atoms with E-state index < -0.39 is 0 Å². The van der Waals surface area contributed by atoms with Crippen LogP contribution in [0, 0.1) is 0 Å². The fourth-order valence-electron chi connectivity index (χ4n) is 0.138. The van der Waals surface area contributed by atoms with Crippen molar-refractivity contribution < 1.29 is 0 Å². The molecule has 0 atom stereocenters. The highest BCUT2D eigenvalue weighted by Gasteiger charge is 1.70. The second-order valence-electron chi connectivity index (χ2n) is 0.977. The monoisotopic (exact) mass is 134 g/mol. The Morgan fingerprint density at radius 3 is 2.62 bits per heavy atom. The van der Waals surface area contributed by atoms with Crippen LogP contribution in [0.2, 0.25) is 0 Å². The molecule has 0 radical (unpaired) electrons. The van der Waals surface area contributed by atoms with Crippen LogP contribution in [0.3, 0.4) is 0 Å². The number of alkyl halides is 1. The van der Waals surface area contributed by atoms with Crippen LogP contribution in [-0.2, 0) is 0 Å². The number of halogens is 1. The van der Waals surface area contributed by atoms with Gasteiger partial charge in [0.15, 0.2) is 0 Å². The Balaban J connectivity index is 3.42. The minimum absolute atomic E-state index is 0.0635. The molecule has 0 unspecified atom stereocenters. The molecule has 0 aliphatic carbocycles. The second-order valence-corrected chi connectivity index (χ2v) is 1.29. The van der Waals surface area contributed by atoms with Crippen LogP contribution in [0.5, 0.6) is 0 Å². The van der Waals surface area contributed by atoms with Crippen molar-refractivity contribution in [1.29, 1.82) is 0 Å². The molecule has 0 saturated carbocycles. The Labute approximate surface area is 52.2 Å². The van der Waals surface area contributed by atoms with Crippen LogP contribution in [0.4, 0.5) is 0 Å². The van der Waals surface area contributed by atoms with Crippen LogP contribution < -0.4 is 11.5 Å². The van der Waals surface area contributed by atoms with Gasteiger partial charge < -0.3 is 11.5 Å². The molecule has 0 fully saturated rings. The minimum atomic E-state index is -0.0635. The molecule has 8 heavy (non-hydrogen) atoms. The van der Waals surface area contributed by atoms with E-state index in [0.29, 0.717) is 5.88 Å². The molecule has 4 nitrogen and oxygen atoms in total. The normalized spacial score (nSPS) is 9.62. The Kier molecular flexibility index (Phi) is 3.97. The van der Waals surface area contributed by atoms with Crippen molar-refractivity contribution in [2.24, 2.45) is 21.7 Å². The van der Waals surface area contributed by atoms with Gasteiger partial charge in [-0.25, -0.2) is 0 Å². The summed E-state index contributed by atoms with van der Waals surface area (Å²) in [5.41, 5.74) is 9.81. The first-order valence-electron chi connectivity index (χ1n) is 1.93. The lowest BCUT2D eigenvalue weighted by Gasteiger charge is -1.80. The van der Waals surface area contributed by atoms with Gasteiger partial charge in [-0.15, -0.1) is 16.7 Å². The standard InChI is InChI=1S/C3H7ClN4/c4-1-2-7-8-3(5)6/h2H,1H2,(H4,5,6,8). The highest BCUT2D eigenvalue weighted by atomic mass is 35.5. The summed E-state index contributed by atoms with van der Waals surface area (Å²) >= 11 is 5.18. The lowest BCUT2D eigenvalue weighted by atomic mass is 10.9. The smallest absolute Gasteiger partial charge is 0.211 e. The van der Waals surface area contributed by atoms with Gasteiger partial charge in [0.25, 0.3) is 0 Å². The van der Waals surface area contributed by atoms with E-state index in [2.05, 4.69) is 10.2 Å². The maximum atomic E-state index is 5.18. The molecule has 0 spiro atoms. The summed E-state index contributed by atoms with van der Waals surface area (Å²) in [5, 5.41) is 6.64. The predicted octanol–water partition coefficient (Wildman–Crippen LogP) is -0.516. The summed E-state index contributed by atoms with van der Waals surface area (Å²) in [5.74, 6) is 0.253. The van der Waals surface area contributed by atoms with Gasteiger partial charge in [-0.05, 0) is 0 Å². The molecule has 0 saturated heterocycles. The molecule has 0 aromatic carbocycles. The van der Waals surface area contributed by atoms with E-state index in [1.807, 2.05) is 0 Å². The van der Waals surface area contributed by atoms with Gasteiger partial charge in [-0.3, -0.25) is 0 Å². The molecule has 0 heterocycles. The highest BCUT2D eigenvalue weighted by Crippen LogP contribution is 1.69. The first-order chi connectivity index (χ1) is 3.77. The van der Waals surface area contributed by atoms with Crippen molar-refractivity contribution in [1.82, 2.24) is 0 Å². The zero-order chi connectivity index (χ0) is 6.41. The minimum Gasteiger partial charge on any atom is -0.369 e. The fraction of sp³-hybridized carbons (Fsp3) is 0.333. The maximum absolute atomic E-state index is 5.18. The first kappa shape index (κ1) is 7.23. The van der Waals surface area contributed by atoms with Gasteiger partial charge in [-0.1, -0.05) is 0 Å². The van der Waals surface area contributed by atoms with Crippen LogP contribution in [0.25, 0.3) is 0 Å². The first-order valence-corrected chi connectivity index (χ1v) is 2.47. The van der Waals surface area contributed by atoms with E-state index in [1.54, 1.807) is 0 Å². The van der Waals surface area contributed by atoms with Gasteiger partial charge in [0, 0.05) is 6.21 Å². The van der Waals surface area contributed by atoms with Crippen molar-refractivity contribution in [3.63, 3.8) is 0 Å². The number of rotatable bonds is 2. The quantitative estimate of drug-likeness (QED) is 0.231. The molecule has 5 heteroatoms. The third-order valence-electron chi connectivity index (χ3n) is 0.324. The van der Waals surface area contributed by atoms with Crippen molar-refractivity contribution in [3.8, 4) is 0 Å². The zero-order valence-electron chi connectivity index (χ0n) is 4.21. The maximum Gasteiger partial charge on any atom is 0.211 e. The number of guanidine groups is 1. The number of nitrogens with two attached hydrogens (primary N) is 2. The summed E-state index contributed by atoms with van der Waals surface area (Å²) < 4.78 is 0. The van der Waals surface area contributed by atoms with Crippen LogP contribution in [0.1, 0.15) is 0 Å². The summed E-state index contributed by atoms with van der Waals surface area (Å²) in [7, 11) is 0. The number of hydrogen-bond donors (Lipinski definition) is 2. The molecular weight excluding hydrogens is 128 g/mol. The van der Waals surface area contributed by atoms with E-state index in [4.69, 9.17) is 23.1 Å². The lowest BCUT2D eigenvalue weighted by molar-refractivity contribution is 1.21. The largest absolute Gasteiger partial charge is 0.369 e. The Morgan fingerprint density at radius 2 is 2.25 bits per heavy atom. The van der Waals surface area contributed by atoms with Gasteiger partial charge >= 0.3 is 0 Å². The van der Waals surface area contributed by atoms with E-state index >= 15 is 0 Å². The Hall–Kier alpha value is -0.770. The van der Waals surface area contributed by atoms with E-state index in [9.17, 15) is 0 Å². The molecule has 0 aliphatic rings. The van der Waals surface area contributed by atoms with Crippen LogP contribution in [0.15, 0.2) is 10.2 Å². The molecule has 0 aromatic heterocycles. The summed E-state index contributed by atoms with van der Waals surface area (Å²) in [4.78, 5) is 0. The Morgan fingerprint density at radius 1 is 1.62 bits per heavy atom. The average Bonchev–Trinajstić information content (AvgIpc) is 1.66. The number of nitrogens with zero attached hydrogens (tertiary/aromatic N) is 2. The highest BCUT2D eigenvalue weighted by molar-refractivity contribution is 6.24. The van der Waals surface area contributed by atoms with E-state index in [0.717, 1.165) is 0 Å². The van der Waals surface area contributed by atoms with E-state index in [-0.39, 0.29) is 5.96 Å². The predicted molar refractivity (Wildman–Crippen MR) is 35.0 cm³/mol. The third-order valence-corrected chi connectivity index (χ3v) is 0.462. The van der Waals surface area contributed by atoms with Crippen molar-refractivity contribution >= 4 is 23.8 Å². The molecule has 0 amide bonds. The molecule has 0 rings (SSSR count). The van der Waals surface area contributed by atoms with Gasteiger partial charge in [0.1, 0.15) is 0 Å². The third kappa shape index (κ3) is 5.23. The number of hydrogen-bond acceptors (Lipinski definition) is 2. The summed E-state index contributed by atoms with van der Waals surface area (Å²) in [6, 6.07) is 0. The summed E-state index contributed by atoms with van der Waals surface area (Å²) in [6.45, 7) is 0. The molecule has 4 N–H and O–H groups in total. The summed E-state index contributed by atoms with van der Waals surface area (Å²) in [6.07, 6.45) is 1.39. The Bertz CT molecular complexity index is 104.